The molecule has 8 nitrogen and oxygen atoms in total. The monoisotopic (exact) mass is 357 g/mol. The number of nitrogen functional groups attached to an aromatic ring is 2. The largest absolute Gasteiger partial charge is 0.384 e. The summed E-state index contributed by atoms with van der Waals surface area (Å²) in [5.74, 6) is 1.79. The quantitative estimate of drug-likeness (QED) is 0.651. The summed E-state index contributed by atoms with van der Waals surface area (Å²) < 4.78 is 5.22. The van der Waals surface area contributed by atoms with Crippen molar-refractivity contribution in [2.75, 3.05) is 43.2 Å². The lowest BCUT2D eigenvalue weighted by Crippen LogP contribution is -2.29. The summed E-state index contributed by atoms with van der Waals surface area (Å²) in [5.41, 5.74) is 14.5. The van der Waals surface area contributed by atoms with Crippen LogP contribution in [0.4, 0.5) is 17.5 Å². The molecule has 25 heavy (non-hydrogen) atoms. The number of hydrogen-bond donors (Lipinski definition) is 3. The average molecular weight is 357 g/mol. The van der Waals surface area contributed by atoms with Crippen molar-refractivity contribution in [1.82, 2.24) is 20.2 Å². The van der Waals surface area contributed by atoms with Gasteiger partial charge in [0.05, 0.1) is 29.6 Å². The Bertz CT molecular complexity index is 904. The number of nitrogens with zero attached hydrogens (tertiary/aromatic N) is 4. The first kappa shape index (κ1) is 15.9. The number of hydrogen-bond acceptors (Lipinski definition) is 8. The number of H-pyrrole nitrogens is 1. The van der Waals surface area contributed by atoms with Gasteiger partial charge in [0.25, 0.3) is 0 Å². The molecule has 4 rings (SSSR count). The standard InChI is InChI=1S/C16H19N7OS/c1-24-7-6-23-5-4-11-13(10-8-19-22-15(10)23)21-16(25-11)9-2-3-12(17)20-14(9)18/h2-3,8H,4-7H2,1H3,(H,19,22)(H4,17,18,20). The molecule has 0 amide bonds. The van der Waals surface area contributed by atoms with E-state index in [1.165, 1.54) is 4.88 Å². The summed E-state index contributed by atoms with van der Waals surface area (Å²) in [5, 5.41) is 8.17. The number of aromatic nitrogens is 4. The molecule has 5 N–H and O–H groups in total. The van der Waals surface area contributed by atoms with Gasteiger partial charge in [0.15, 0.2) is 0 Å². The second-order valence-electron chi connectivity index (χ2n) is 5.82. The maximum atomic E-state index is 6.03. The van der Waals surface area contributed by atoms with E-state index in [0.717, 1.165) is 47.2 Å². The molecule has 0 saturated heterocycles. The van der Waals surface area contributed by atoms with Crippen molar-refractivity contribution >= 4 is 28.8 Å². The number of nitrogens with two attached hydrogens (primary N) is 2. The molecule has 1 aliphatic rings. The van der Waals surface area contributed by atoms with Crippen LogP contribution >= 0.6 is 11.3 Å². The highest BCUT2D eigenvalue weighted by Crippen LogP contribution is 2.40. The Morgan fingerprint density at radius 2 is 2.16 bits per heavy atom. The normalized spacial score (nSPS) is 13.4. The Labute approximate surface area is 148 Å². The average Bonchev–Trinajstić information content (AvgIpc) is 3.19. The molecule has 0 bridgehead atoms. The van der Waals surface area contributed by atoms with Crippen LogP contribution in [-0.4, -0.2) is 47.0 Å². The number of ether oxygens (including phenoxy) is 1. The van der Waals surface area contributed by atoms with Crippen LogP contribution < -0.4 is 16.4 Å². The second-order valence-corrected chi connectivity index (χ2v) is 6.91. The molecule has 9 heteroatoms. The van der Waals surface area contributed by atoms with Gasteiger partial charge in [-0.1, -0.05) is 0 Å². The van der Waals surface area contributed by atoms with Crippen LogP contribution in [0.1, 0.15) is 4.88 Å². The summed E-state index contributed by atoms with van der Waals surface area (Å²) in [7, 11) is 1.71. The van der Waals surface area contributed by atoms with Crippen molar-refractivity contribution in [3.05, 3.63) is 23.2 Å². The molecule has 0 unspecified atom stereocenters. The minimum atomic E-state index is 0.401. The number of pyridine rings is 1. The smallest absolute Gasteiger partial charge is 0.136 e. The van der Waals surface area contributed by atoms with Crippen molar-refractivity contribution in [1.29, 1.82) is 0 Å². The van der Waals surface area contributed by atoms with Gasteiger partial charge >= 0.3 is 0 Å². The van der Waals surface area contributed by atoms with Gasteiger partial charge in [-0.05, 0) is 12.1 Å². The van der Waals surface area contributed by atoms with Crippen LogP contribution in [0.25, 0.3) is 21.8 Å². The number of thiazole rings is 1. The van der Waals surface area contributed by atoms with E-state index in [1.807, 2.05) is 12.3 Å². The number of methoxy groups -OCH3 is 1. The third-order valence-corrected chi connectivity index (χ3v) is 5.39. The molecule has 4 heterocycles. The van der Waals surface area contributed by atoms with Crippen molar-refractivity contribution in [3.8, 4) is 21.8 Å². The van der Waals surface area contributed by atoms with E-state index < -0.39 is 0 Å². The molecule has 0 saturated carbocycles. The van der Waals surface area contributed by atoms with Crippen molar-refractivity contribution in [3.63, 3.8) is 0 Å². The molecule has 3 aromatic heterocycles. The van der Waals surface area contributed by atoms with Gasteiger partial charge < -0.3 is 21.1 Å². The lowest BCUT2D eigenvalue weighted by molar-refractivity contribution is 0.205. The van der Waals surface area contributed by atoms with Gasteiger partial charge in [-0.2, -0.15) is 5.10 Å². The van der Waals surface area contributed by atoms with Crippen LogP contribution in [0.5, 0.6) is 0 Å². The highest BCUT2D eigenvalue weighted by molar-refractivity contribution is 7.15. The first-order valence-corrected chi connectivity index (χ1v) is 8.78. The van der Waals surface area contributed by atoms with E-state index >= 15 is 0 Å². The Balaban J connectivity index is 1.75. The Morgan fingerprint density at radius 3 is 2.96 bits per heavy atom. The van der Waals surface area contributed by atoms with Crippen molar-refractivity contribution in [2.45, 2.75) is 6.42 Å². The Morgan fingerprint density at radius 1 is 1.28 bits per heavy atom. The third kappa shape index (κ3) is 2.81. The predicted molar refractivity (Wildman–Crippen MR) is 99.5 cm³/mol. The SMILES string of the molecule is COCCN1CCc2sc(-c3ccc(N)nc3N)nc2-c2cn[nH]c21. The maximum Gasteiger partial charge on any atom is 0.136 e. The summed E-state index contributed by atoms with van der Waals surface area (Å²) >= 11 is 1.64. The summed E-state index contributed by atoms with van der Waals surface area (Å²) in [6.45, 7) is 2.35. The fourth-order valence-corrected chi connectivity index (χ4v) is 4.08. The first-order chi connectivity index (χ1) is 12.2. The molecule has 0 spiro atoms. The molecule has 1 aliphatic heterocycles. The maximum absolute atomic E-state index is 6.03. The van der Waals surface area contributed by atoms with E-state index in [9.17, 15) is 0 Å². The molecule has 130 valence electrons. The minimum absolute atomic E-state index is 0.401. The number of anilines is 3. The zero-order valence-electron chi connectivity index (χ0n) is 13.8. The zero-order valence-corrected chi connectivity index (χ0v) is 14.6. The van der Waals surface area contributed by atoms with Gasteiger partial charge in [-0.3, -0.25) is 5.10 Å². The highest BCUT2D eigenvalue weighted by atomic mass is 32.1. The van der Waals surface area contributed by atoms with Gasteiger partial charge in [-0.25, -0.2) is 9.97 Å². The fraction of sp³-hybridized carbons (Fsp3) is 0.312. The third-order valence-electron chi connectivity index (χ3n) is 4.24. The summed E-state index contributed by atoms with van der Waals surface area (Å²) in [4.78, 5) is 12.4. The van der Waals surface area contributed by atoms with Crippen LogP contribution in [0.3, 0.4) is 0 Å². The van der Waals surface area contributed by atoms with E-state index in [-0.39, 0.29) is 0 Å². The van der Waals surface area contributed by atoms with Gasteiger partial charge in [0.1, 0.15) is 22.5 Å². The van der Waals surface area contributed by atoms with E-state index in [4.69, 9.17) is 21.2 Å². The van der Waals surface area contributed by atoms with Crippen LogP contribution in [0.2, 0.25) is 0 Å². The first-order valence-electron chi connectivity index (χ1n) is 7.97. The minimum Gasteiger partial charge on any atom is -0.384 e. The zero-order chi connectivity index (χ0) is 17.4. The van der Waals surface area contributed by atoms with Gasteiger partial charge in [-0.15, -0.1) is 11.3 Å². The molecule has 0 aromatic carbocycles. The summed E-state index contributed by atoms with van der Waals surface area (Å²) in [6, 6.07) is 3.62. The number of fused-ring (bicyclic) bond motifs is 3. The van der Waals surface area contributed by atoms with E-state index in [0.29, 0.717) is 18.2 Å². The molecule has 3 aromatic rings. The van der Waals surface area contributed by atoms with Crippen LogP contribution in [0, 0.1) is 0 Å². The molecule has 0 fully saturated rings. The van der Waals surface area contributed by atoms with Gasteiger partial charge in [0, 0.05) is 31.5 Å². The second kappa shape index (κ2) is 6.34. The van der Waals surface area contributed by atoms with E-state index in [1.54, 1.807) is 24.5 Å². The lowest BCUT2D eigenvalue weighted by atomic mass is 10.2. The number of nitrogens with one attached hydrogen (secondary N) is 1. The predicted octanol–water partition coefficient (Wildman–Crippen LogP) is 1.77. The molecule has 0 atom stereocenters. The van der Waals surface area contributed by atoms with Gasteiger partial charge in [0.2, 0.25) is 0 Å². The number of rotatable bonds is 4. The Kier molecular flexibility index (Phi) is 4.02. The Hall–Kier alpha value is -2.65. The molecule has 0 radical (unpaired) electrons. The molecule has 0 aliphatic carbocycles. The summed E-state index contributed by atoms with van der Waals surface area (Å²) in [6.07, 6.45) is 2.73. The fourth-order valence-electron chi connectivity index (χ4n) is 2.99. The molecular weight excluding hydrogens is 338 g/mol. The van der Waals surface area contributed by atoms with Crippen molar-refractivity contribution in [2.24, 2.45) is 0 Å². The topological polar surface area (TPSA) is 119 Å². The van der Waals surface area contributed by atoms with Crippen molar-refractivity contribution < 1.29 is 4.74 Å². The van der Waals surface area contributed by atoms with Crippen LogP contribution in [-0.2, 0) is 11.2 Å². The van der Waals surface area contributed by atoms with E-state index in [2.05, 4.69) is 20.1 Å². The number of aromatic amines is 1. The highest BCUT2D eigenvalue weighted by Gasteiger charge is 2.25. The van der Waals surface area contributed by atoms with Crippen LogP contribution in [0.15, 0.2) is 18.3 Å². The lowest BCUT2D eigenvalue weighted by Gasteiger charge is -2.21. The molecular formula is C16H19N7OS.